The number of carboxylic acid groups (broad SMARTS) is 1. The van der Waals surface area contributed by atoms with Gasteiger partial charge in [-0.05, 0) is 19.8 Å². The number of hydrogen-bond donors (Lipinski definition) is 3. The number of aliphatic carboxylic acids is 1. The molecule has 0 aromatic carbocycles. The van der Waals surface area contributed by atoms with E-state index in [1.54, 1.807) is 6.92 Å². The third-order valence-corrected chi connectivity index (χ3v) is 3.72. The number of carbonyl (C=O) groups is 1. The van der Waals surface area contributed by atoms with Gasteiger partial charge < -0.3 is 10.2 Å². The number of nitrogens with one attached hydrogen (secondary N) is 1. The topological polar surface area (TPSA) is 122 Å². The Bertz CT molecular complexity index is 523. The minimum atomic E-state index is -3.68. The Kier molecular flexibility index (Phi) is 5.45. The summed E-state index contributed by atoms with van der Waals surface area (Å²) in [5.41, 5.74) is 0. The van der Waals surface area contributed by atoms with Crippen molar-refractivity contribution in [2.75, 3.05) is 6.54 Å². The van der Waals surface area contributed by atoms with E-state index in [9.17, 15) is 13.2 Å². The highest BCUT2D eigenvalue weighted by molar-refractivity contribution is 7.89. The summed E-state index contributed by atoms with van der Waals surface area (Å²) in [6.07, 6.45) is 2.80. The van der Waals surface area contributed by atoms with Crippen molar-refractivity contribution in [1.29, 1.82) is 0 Å². The van der Waals surface area contributed by atoms with Crippen LogP contribution in [0.2, 0.25) is 0 Å². The van der Waals surface area contributed by atoms with Crippen LogP contribution >= 0.6 is 0 Å². The van der Waals surface area contributed by atoms with E-state index in [1.807, 2.05) is 0 Å². The second-order valence-electron chi connectivity index (χ2n) is 4.16. The van der Waals surface area contributed by atoms with Crippen LogP contribution in [0, 0.1) is 0 Å². The molecule has 0 bridgehead atoms. The van der Waals surface area contributed by atoms with Crippen molar-refractivity contribution >= 4 is 16.0 Å². The molecule has 0 saturated heterocycles. The monoisotopic (exact) mass is 291 g/mol. The van der Waals surface area contributed by atoms with Crippen LogP contribution in [0.15, 0.2) is 17.3 Å². The first-order valence-electron chi connectivity index (χ1n) is 5.73. The van der Waals surface area contributed by atoms with Crippen molar-refractivity contribution < 1.29 is 23.4 Å². The molecule has 108 valence electrons. The molecule has 9 heteroatoms. The molecule has 1 rings (SSSR count). The van der Waals surface area contributed by atoms with Crippen LogP contribution in [-0.4, -0.2) is 47.0 Å². The van der Waals surface area contributed by atoms with E-state index in [-0.39, 0.29) is 11.4 Å². The summed E-state index contributed by atoms with van der Waals surface area (Å²) in [6, 6.07) is 0. The van der Waals surface area contributed by atoms with Gasteiger partial charge in [-0.2, -0.15) is 5.10 Å². The van der Waals surface area contributed by atoms with E-state index in [2.05, 4.69) is 9.82 Å². The van der Waals surface area contributed by atoms with Crippen molar-refractivity contribution in [3.05, 3.63) is 12.4 Å². The van der Waals surface area contributed by atoms with Gasteiger partial charge in [0.1, 0.15) is 11.4 Å². The number of aromatic nitrogens is 2. The highest BCUT2D eigenvalue weighted by Crippen LogP contribution is 2.07. The lowest BCUT2D eigenvalue weighted by Gasteiger charge is -2.05. The highest BCUT2D eigenvalue weighted by Gasteiger charge is 2.16. The van der Waals surface area contributed by atoms with Crippen molar-refractivity contribution in [2.45, 2.75) is 37.3 Å². The lowest BCUT2D eigenvalue weighted by Crippen LogP contribution is -2.25. The minimum Gasteiger partial charge on any atom is -0.480 e. The van der Waals surface area contributed by atoms with Crippen LogP contribution in [0.25, 0.3) is 0 Å². The van der Waals surface area contributed by atoms with Gasteiger partial charge >= 0.3 is 5.97 Å². The maximum Gasteiger partial charge on any atom is 0.325 e. The molecule has 1 unspecified atom stereocenters. The molecule has 0 radical (unpaired) electrons. The van der Waals surface area contributed by atoms with Crippen LogP contribution in [0.5, 0.6) is 0 Å². The Labute approximate surface area is 111 Å². The number of sulfonamides is 1. The number of hydrogen-bond acceptors (Lipinski definition) is 5. The third-order valence-electron chi connectivity index (χ3n) is 2.31. The summed E-state index contributed by atoms with van der Waals surface area (Å²) in [7, 11) is -3.68. The Morgan fingerprint density at radius 1 is 1.58 bits per heavy atom. The quantitative estimate of drug-likeness (QED) is 0.550. The van der Waals surface area contributed by atoms with E-state index < -0.39 is 28.6 Å². The molecule has 0 aliphatic heterocycles. The van der Waals surface area contributed by atoms with Gasteiger partial charge in [-0.3, -0.25) is 9.48 Å². The fraction of sp³-hybridized carbons (Fsp3) is 0.600. The average Bonchev–Trinajstić information content (AvgIpc) is 2.72. The van der Waals surface area contributed by atoms with Gasteiger partial charge in [0.15, 0.2) is 0 Å². The summed E-state index contributed by atoms with van der Waals surface area (Å²) >= 11 is 0. The summed E-state index contributed by atoms with van der Waals surface area (Å²) in [5, 5.41) is 21.3. The molecule has 1 atom stereocenters. The highest BCUT2D eigenvalue weighted by atomic mass is 32.2. The van der Waals surface area contributed by atoms with Crippen molar-refractivity contribution in [3.63, 3.8) is 0 Å². The molecule has 1 aromatic rings. The molecule has 8 nitrogen and oxygen atoms in total. The van der Waals surface area contributed by atoms with Crippen LogP contribution in [0.4, 0.5) is 0 Å². The zero-order valence-corrected chi connectivity index (χ0v) is 11.3. The lowest BCUT2D eigenvalue weighted by molar-refractivity contribution is -0.137. The van der Waals surface area contributed by atoms with Gasteiger partial charge in [-0.1, -0.05) is 0 Å². The Morgan fingerprint density at radius 3 is 2.84 bits per heavy atom. The Morgan fingerprint density at radius 2 is 2.26 bits per heavy atom. The van der Waals surface area contributed by atoms with Gasteiger partial charge in [0.25, 0.3) is 0 Å². The van der Waals surface area contributed by atoms with Crippen LogP contribution < -0.4 is 4.72 Å². The van der Waals surface area contributed by atoms with Gasteiger partial charge in [-0.25, -0.2) is 13.1 Å². The first-order valence-corrected chi connectivity index (χ1v) is 7.21. The second-order valence-corrected chi connectivity index (χ2v) is 5.92. The number of aliphatic hydroxyl groups is 1. The van der Waals surface area contributed by atoms with Crippen molar-refractivity contribution in [1.82, 2.24) is 14.5 Å². The van der Waals surface area contributed by atoms with Crippen molar-refractivity contribution in [2.24, 2.45) is 0 Å². The van der Waals surface area contributed by atoms with Crippen LogP contribution in [0.3, 0.4) is 0 Å². The Hall–Kier alpha value is -1.45. The molecule has 1 heterocycles. The normalized spacial score (nSPS) is 13.4. The second kappa shape index (κ2) is 6.64. The number of rotatable bonds is 8. The summed E-state index contributed by atoms with van der Waals surface area (Å²) in [6.45, 7) is 1.44. The molecule has 0 spiro atoms. The molecule has 0 aliphatic carbocycles. The van der Waals surface area contributed by atoms with E-state index in [0.29, 0.717) is 12.8 Å². The van der Waals surface area contributed by atoms with Gasteiger partial charge in [-0.15, -0.1) is 0 Å². The van der Waals surface area contributed by atoms with E-state index in [4.69, 9.17) is 10.2 Å². The maximum atomic E-state index is 11.8. The number of carboxylic acids is 1. The molecule has 0 saturated carbocycles. The van der Waals surface area contributed by atoms with E-state index >= 15 is 0 Å². The zero-order chi connectivity index (χ0) is 14.5. The molecule has 0 amide bonds. The lowest BCUT2D eigenvalue weighted by atomic mass is 10.2. The van der Waals surface area contributed by atoms with Gasteiger partial charge in [0, 0.05) is 12.7 Å². The standard InChI is InChI=1S/C10H17N3O5S/c1-8(14)3-2-4-12-19(17,18)9-5-11-13(6-9)7-10(15)16/h5-6,8,12,14H,2-4,7H2,1H3,(H,15,16). The largest absolute Gasteiger partial charge is 0.480 e. The third kappa shape index (κ3) is 5.37. The summed E-state index contributed by atoms with van der Waals surface area (Å²) in [4.78, 5) is 10.4. The number of nitrogens with zero attached hydrogens (tertiary/aromatic N) is 2. The fourth-order valence-corrected chi connectivity index (χ4v) is 2.42. The summed E-state index contributed by atoms with van der Waals surface area (Å²) < 4.78 is 27.0. The Balaban J connectivity index is 2.57. The first kappa shape index (κ1) is 15.6. The minimum absolute atomic E-state index is 0.0780. The van der Waals surface area contributed by atoms with Gasteiger partial charge in [0.2, 0.25) is 10.0 Å². The molecule has 0 aliphatic rings. The SMILES string of the molecule is CC(O)CCCNS(=O)(=O)c1cnn(CC(=O)O)c1. The molecule has 19 heavy (non-hydrogen) atoms. The predicted octanol–water partition coefficient (Wildman–Crippen LogP) is -0.593. The smallest absolute Gasteiger partial charge is 0.325 e. The molecule has 1 aromatic heterocycles. The molecular formula is C10H17N3O5S. The van der Waals surface area contributed by atoms with E-state index in [1.165, 1.54) is 0 Å². The van der Waals surface area contributed by atoms with Crippen LogP contribution in [-0.2, 0) is 21.4 Å². The number of aliphatic hydroxyl groups excluding tert-OH is 1. The fourth-order valence-electron chi connectivity index (χ4n) is 1.40. The predicted molar refractivity (Wildman–Crippen MR) is 66.0 cm³/mol. The van der Waals surface area contributed by atoms with Gasteiger partial charge in [0.05, 0.1) is 12.3 Å². The maximum absolute atomic E-state index is 11.8. The molecule has 0 fully saturated rings. The van der Waals surface area contributed by atoms with Crippen LogP contribution in [0.1, 0.15) is 19.8 Å². The average molecular weight is 291 g/mol. The zero-order valence-electron chi connectivity index (χ0n) is 10.5. The van der Waals surface area contributed by atoms with Crippen molar-refractivity contribution in [3.8, 4) is 0 Å². The van der Waals surface area contributed by atoms with E-state index in [0.717, 1.165) is 17.1 Å². The summed E-state index contributed by atoms with van der Waals surface area (Å²) in [5.74, 6) is -1.10. The first-order chi connectivity index (χ1) is 8.81. The molecular weight excluding hydrogens is 274 g/mol. The molecule has 3 N–H and O–H groups in total.